The van der Waals surface area contributed by atoms with Gasteiger partial charge in [-0.25, -0.2) is 4.79 Å². The summed E-state index contributed by atoms with van der Waals surface area (Å²) in [5.41, 5.74) is 2.98. The van der Waals surface area contributed by atoms with E-state index < -0.39 is 13.2 Å². The van der Waals surface area contributed by atoms with Crippen molar-refractivity contribution < 1.29 is 19.2 Å². The van der Waals surface area contributed by atoms with Crippen molar-refractivity contribution in [3.05, 3.63) is 59.7 Å². The molecular formula is C15H14BNO4. The zero-order chi connectivity index (χ0) is 14.7. The Balaban J connectivity index is 1.63. The van der Waals surface area contributed by atoms with Crippen molar-refractivity contribution in [3.63, 3.8) is 0 Å². The molecule has 0 radical (unpaired) electrons. The standard InChI is InChI=1S/C15H14BNO4/c18-15(20-9-11-5-2-1-3-6-11)17-14-8-4-7-13-12(14)10-21-16(13)19/h1-8,19H,9-10H2,(H,17,18). The predicted molar refractivity (Wildman–Crippen MR) is 79.1 cm³/mol. The highest BCUT2D eigenvalue weighted by atomic mass is 16.5. The number of hydrogen-bond donors (Lipinski definition) is 2. The fourth-order valence-electron chi connectivity index (χ4n) is 2.24. The predicted octanol–water partition coefficient (Wildman–Crippen LogP) is 1.65. The van der Waals surface area contributed by atoms with E-state index in [2.05, 4.69) is 5.32 Å². The Hall–Kier alpha value is -2.31. The molecule has 0 aromatic heterocycles. The fraction of sp³-hybridized carbons (Fsp3) is 0.133. The van der Waals surface area contributed by atoms with Crippen LogP contribution in [0.2, 0.25) is 0 Å². The van der Waals surface area contributed by atoms with E-state index in [1.165, 1.54) is 0 Å². The quantitative estimate of drug-likeness (QED) is 0.840. The van der Waals surface area contributed by atoms with Gasteiger partial charge in [0.2, 0.25) is 0 Å². The first kappa shape index (κ1) is 13.7. The lowest BCUT2D eigenvalue weighted by Gasteiger charge is -2.10. The van der Waals surface area contributed by atoms with E-state index in [1.807, 2.05) is 30.3 Å². The van der Waals surface area contributed by atoms with Crippen molar-refractivity contribution in [2.24, 2.45) is 0 Å². The Morgan fingerprint density at radius 2 is 2.05 bits per heavy atom. The van der Waals surface area contributed by atoms with Crippen molar-refractivity contribution in [1.29, 1.82) is 0 Å². The molecule has 2 N–H and O–H groups in total. The monoisotopic (exact) mass is 283 g/mol. The number of carbonyl (C=O) groups is 1. The van der Waals surface area contributed by atoms with E-state index in [4.69, 9.17) is 9.39 Å². The topological polar surface area (TPSA) is 67.8 Å². The Bertz CT molecular complexity index is 647. The van der Waals surface area contributed by atoms with Crippen molar-refractivity contribution >= 4 is 24.4 Å². The largest absolute Gasteiger partial charge is 0.491 e. The summed E-state index contributed by atoms with van der Waals surface area (Å²) in [7, 11) is -0.929. The first-order valence-corrected chi connectivity index (χ1v) is 6.63. The van der Waals surface area contributed by atoms with Gasteiger partial charge in [-0.05, 0) is 22.7 Å². The number of nitrogens with one attached hydrogen (secondary N) is 1. The third kappa shape index (κ3) is 3.07. The molecule has 6 heteroatoms. The Morgan fingerprint density at radius 1 is 1.24 bits per heavy atom. The number of benzene rings is 2. The van der Waals surface area contributed by atoms with Crippen LogP contribution in [0.5, 0.6) is 0 Å². The maximum Gasteiger partial charge on any atom is 0.491 e. The van der Waals surface area contributed by atoms with Crippen LogP contribution in [0, 0.1) is 0 Å². The molecule has 1 amide bonds. The number of carbonyl (C=O) groups excluding carboxylic acids is 1. The number of rotatable bonds is 3. The molecule has 2 aromatic carbocycles. The SMILES string of the molecule is O=C(Nc1cccc2c1COB2O)OCc1ccccc1. The number of fused-ring (bicyclic) bond motifs is 1. The lowest BCUT2D eigenvalue weighted by atomic mass is 9.79. The van der Waals surface area contributed by atoms with Gasteiger partial charge in [0.1, 0.15) is 6.61 Å². The average molecular weight is 283 g/mol. The van der Waals surface area contributed by atoms with Gasteiger partial charge in [0.25, 0.3) is 0 Å². The Kier molecular flexibility index (Phi) is 3.90. The van der Waals surface area contributed by atoms with Crippen LogP contribution in [0.1, 0.15) is 11.1 Å². The molecule has 106 valence electrons. The molecule has 0 saturated heterocycles. The van der Waals surface area contributed by atoms with Crippen LogP contribution in [-0.4, -0.2) is 18.2 Å². The van der Waals surface area contributed by atoms with Crippen molar-refractivity contribution in [1.82, 2.24) is 0 Å². The number of ether oxygens (including phenoxy) is 1. The second-order valence-corrected chi connectivity index (χ2v) is 4.72. The van der Waals surface area contributed by atoms with Crippen molar-refractivity contribution in [2.45, 2.75) is 13.2 Å². The molecular weight excluding hydrogens is 269 g/mol. The molecule has 0 unspecified atom stereocenters. The van der Waals surface area contributed by atoms with Gasteiger partial charge in [-0.2, -0.15) is 0 Å². The third-order valence-electron chi connectivity index (χ3n) is 3.31. The molecule has 0 aliphatic carbocycles. The highest BCUT2D eigenvalue weighted by Gasteiger charge is 2.29. The second-order valence-electron chi connectivity index (χ2n) is 4.72. The minimum atomic E-state index is -0.929. The molecule has 1 heterocycles. The van der Waals surface area contributed by atoms with E-state index in [0.717, 1.165) is 11.1 Å². The Morgan fingerprint density at radius 3 is 2.86 bits per heavy atom. The maximum atomic E-state index is 11.8. The summed E-state index contributed by atoms with van der Waals surface area (Å²) in [6, 6.07) is 14.7. The molecule has 5 nitrogen and oxygen atoms in total. The molecule has 21 heavy (non-hydrogen) atoms. The first-order valence-electron chi connectivity index (χ1n) is 6.63. The zero-order valence-corrected chi connectivity index (χ0v) is 11.3. The van der Waals surface area contributed by atoms with Crippen LogP contribution in [0.25, 0.3) is 0 Å². The molecule has 1 aliphatic rings. The lowest BCUT2D eigenvalue weighted by molar-refractivity contribution is 0.155. The molecule has 0 atom stereocenters. The van der Waals surface area contributed by atoms with Gasteiger partial charge < -0.3 is 14.4 Å². The second kappa shape index (κ2) is 5.99. The first-order chi connectivity index (χ1) is 10.2. The van der Waals surface area contributed by atoms with E-state index >= 15 is 0 Å². The average Bonchev–Trinajstić information content (AvgIpc) is 2.89. The summed E-state index contributed by atoms with van der Waals surface area (Å²) < 4.78 is 10.3. The Labute approximate surface area is 122 Å². The van der Waals surface area contributed by atoms with E-state index in [9.17, 15) is 9.82 Å². The molecule has 1 aliphatic heterocycles. The van der Waals surface area contributed by atoms with Gasteiger partial charge in [0, 0.05) is 5.69 Å². The number of amides is 1. The van der Waals surface area contributed by atoms with Crippen LogP contribution in [0.15, 0.2) is 48.5 Å². The molecule has 2 aromatic rings. The molecule has 0 spiro atoms. The number of hydrogen-bond acceptors (Lipinski definition) is 4. The maximum absolute atomic E-state index is 11.8. The minimum Gasteiger partial charge on any atom is -0.444 e. The lowest BCUT2D eigenvalue weighted by Crippen LogP contribution is -2.28. The van der Waals surface area contributed by atoms with Crippen LogP contribution >= 0.6 is 0 Å². The van der Waals surface area contributed by atoms with E-state index in [0.29, 0.717) is 11.2 Å². The highest BCUT2D eigenvalue weighted by Crippen LogP contribution is 2.20. The normalized spacial score (nSPS) is 12.9. The summed E-state index contributed by atoms with van der Waals surface area (Å²) in [6.45, 7) is 0.479. The van der Waals surface area contributed by atoms with Crippen LogP contribution in [-0.2, 0) is 22.6 Å². The van der Waals surface area contributed by atoms with E-state index in [-0.39, 0.29) is 13.2 Å². The highest BCUT2D eigenvalue weighted by molar-refractivity contribution is 6.61. The van der Waals surface area contributed by atoms with Gasteiger partial charge >= 0.3 is 13.2 Å². The summed E-state index contributed by atoms with van der Waals surface area (Å²) in [5, 5.41) is 12.3. The summed E-state index contributed by atoms with van der Waals surface area (Å²) >= 11 is 0. The third-order valence-corrected chi connectivity index (χ3v) is 3.31. The van der Waals surface area contributed by atoms with E-state index in [1.54, 1.807) is 18.2 Å². The molecule has 0 fully saturated rings. The van der Waals surface area contributed by atoms with Crippen molar-refractivity contribution in [3.8, 4) is 0 Å². The van der Waals surface area contributed by atoms with Crippen LogP contribution < -0.4 is 10.8 Å². The summed E-state index contributed by atoms with van der Waals surface area (Å²) in [5.74, 6) is 0. The molecule has 3 rings (SSSR count). The summed E-state index contributed by atoms with van der Waals surface area (Å²) in [6.07, 6.45) is -0.534. The van der Waals surface area contributed by atoms with Gasteiger partial charge in [0.15, 0.2) is 0 Å². The zero-order valence-electron chi connectivity index (χ0n) is 11.3. The summed E-state index contributed by atoms with van der Waals surface area (Å²) in [4.78, 5) is 11.8. The van der Waals surface area contributed by atoms with Gasteiger partial charge in [-0.1, -0.05) is 42.5 Å². The van der Waals surface area contributed by atoms with Crippen LogP contribution in [0.4, 0.5) is 10.5 Å². The fourth-order valence-corrected chi connectivity index (χ4v) is 2.24. The van der Waals surface area contributed by atoms with Gasteiger partial charge in [-0.3, -0.25) is 5.32 Å². The molecule has 0 saturated carbocycles. The smallest absolute Gasteiger partial charge is 0.444 e. The van der Waals surface area contributed by atoms with Gasteiger partial charge in [0.05, 0.1) is 6.61 Å². The number of anilines is 1. The minimum absolute atomic E-state index is 0.209. The van der Waals surface area contributed by atoms with Gasteiger partial charge in [-0.15, -0.1) is 0 Å². The van der Waals surface area contributed by atoms with Crippen LogP contribution in [0.3, 0.4) is 0 Å². The van der Waals surface area contributed by atoms with Crippen molar-refractivity contribution in [2.75, 3.05) is 5.32 Å². The molecule has 0 bridgehead atoms.